The number of amides is 1. The maximum absolute atomic E-state index is 13.2. The minimum atomic E-state index is -0.752. The molecule has 31 heavy (non-hydrogen) atoms. The number of nitriles is 1. The van der Waals surface area contributed by atoms with Crippen molar-refractivity contribution < 1.29 is 18.7 Å². The first kappa shape index (κ1) is 21.8. The molecule has 1 aromatic heterocycles. The van der Waals surface area contributed by atoms with Crippen molar-refractivity contribution >= 4 is 5.91 Å². The monoisotopic (exact) mass is 419 g/mol. The number of aromatic nitrogens is 1. The summed E-state index contributed by atoms with van der Waals surface area (Å²) in [6.45, 7) is 4.00. The van der Waals surface area contributed by atoms with Gasteiger partial charge in [-0.2, -0.15) is 5.26 Å². The molecule has 1 N–H and O–H groups in total. The van der Waals surface area contributed by atoms with Gasteiger partial charge in [0.25, 0.3) is 5.91 Å². The van der Waals surface area contributed by atoms with Crippen molar-refractivity contribution in [3.8, 4) is 23.4 Å². The first-order valence-corrected chi connectivity index (χ1v) is 9.78. The lowest BCUT2D eigenvalue weighted by Crippen LogP contribution is -2.41. The zero-order chi connectivity index (χ0) is 22.2. The molecule has 1 unspecified atom stereocenters. The predicted octanol–water partition coefficient (Wildman–Crippen LogP) is 4.60. The third-order valence-corrected chi connectivity index (χ3v) is 4.41. The quantitative estimate of drug-likeness (QED) is 0.577. The van der Waals surface area contributed by atoms with E-state index in [1.165, 1.54) is 12.1 Å². The number of halogens is 1. The SMILES string of the molecule is CC(C)C(Oc1ccccc1C#N)C(=O)NCc1ccc(Oc2cccc(F)c2)nc1. The molecule has 0 saturated heterocycles. The highest BCUT2D eigenvalue weighted by molar-refractivity contribution is 5.81. The molecule has 6 nitrogen and oxygen atoms in total. The number of para-hydroxylation sites is 1. The smallest absolute Gasteiger partial charge is 0.261 e. The van der Waals surface area contributed by atoms with Crippen molar-refractivity contribution in [3.05, 3.63) is 83.8 Å². The van der Waals surface area contributed by atoms with E-state index in [4.69, 9.17) is 9.47 Å². The molecule has 3 aromatic rings. The fourth-order valence-corrected chi connectivity index (χ4v) is 2.81. The second kappa shape index (κ2) is 10.2. The number of nitrogens with zero attached hydrogens (tertiary/aromatic N) is 2. The number of hydrogen-bond donors (Lipinski definition) is 1. The Balaban J connectivity index is 1.60. The molecule has 3 rings (SSSR count). The van der Waals surface area contributed by atoms with E-state index in [9.17, 15) is 14.4 Å². The summed E-state index contributed by atoms with van der Waals surface area (Å²) in [7, 11) is 0. The Morgan fingerprint density at radius 2 is 1.97 bits per heavy atom. The zero-order valence-electron chi connectivity index (χ0n) is 17.2. The minimum Gasteiger partial charge on any atom is -0.479 e. The Morgan fingerprint density at radius 1 is 1.16 bits per heavy atom. The lowest BCUT2D eigenvalue weighted by Gasteiger charge is -2.22. The Kier molecular flexibility index (Phi) is 7.17. The van der Waals surface area contributed by atoms with E-state index < -0.39 is 11.9 Å². The Labute approximate surface area is 180 Å². The van der Waals surface area contributed by atoms with Crippen molar-refractivity contribution in [2.75, 3.05) is 0 Å². The van der Waals surface area contributed by atoms with E-state index in [0.717, 1.165) is 5.56 Å². The number of benzene rings is 2. The van der Waals surface area contributed by atoms with Gasteiger partial charge in [0.1, 0.15) is 23.4 Å². The second-order valence-electron chi connectivity index (χ2n) is 7.17. The minimum absolute atomic E-state index is 0.105. The summed E-state index contributed by atoms with van der Waals surface area (Å²) in [6.07, 6.45) is 0.823. The van der Waals surface area contributed by atoms with Gasteiger partial charge in [0.2, 0.25) is 5.88 Å². The van der Waals surface area contributed by atoms with Crippen LogP contribution in [-0.4, -0.2) is 17.0 Å². The average molecular weight is 419 g/mol. The maximum Gasteiger partial charge on any atom is 0.261 e. The summed E-state index contributed by atoms with van der Waals surface area (Å²) in [5.74, 6) is 0.255. The number of carbonyl (C=O) groups excluding carboxylic acids is 1. The van der Waals surface area contributed by atoms with Gasteiger partial charge in [-0.25, -0.2) is 9.37 Å². The fourth-order valence-electron chi connectivity index (χ4n) is 2.81. The van der Waals surface area contributed by atoms with Crippen LogP contribution < -0.4 is 14.8 Å². The van der Waals surface area contributed by atoms with E-state index >= 15 is 0 Å². The molecule has 0 radical (unpaired) electrons. The molecule has 158 valence electrons. The van der Waals surface area contributed by atoms with Crippen LogP contribution in [-0.2, 0) is 11.3 Å². The molecule has 2 aromatic carbocycles. The number of hydrogen-bond acceptors (Lipinski definition) is 5. The first-order valence-electron chi connectivity index (χ1n) is 9.78. The largest absolute Gasteiger partial charge is 0.479 e. The molecule has 0 aliphatic heterocycles. The Hall–Kier alpha value is -3.92. The summed E-state index contributed by atoms with van der Waals surface area (Å²) in [4.78, 5) is 16.9. The number of carbonyl (C=O) groups is 1. The van der Waals surface area contributed by atoms with Gasteiger partial charge in [-0.1, -0.05) is 38.1 Å². The summed E-state index contributed by atoms with van der Waals surface area (Å²) in [6, 6.07) is 18.1. The van der Waals surface area contributed by atoms with E-state index in [-0.39, 0.29) is 18.4 Å². The van der Waals surface area contributed by atoms with Gasteiger partial charge in [-0.05, 0) is 35.7 Å². The molecule has 0 bridgehead atoms. The van der Waals surface area contributed by atoms with E-state index in [1.54, 1.807) is 54.7 Å². The Bertz CT molecular complexity index is 1080. The van der Waals surface area contributed by atoms with Crippen molar-refractivity contribution in [3.63, 3.8) is 0 Å². The van der Waals surface area contributed by atoms with Gasteiger partial charge >= 0.3 is 0 Å². The van der Waals surface area contributed by atoms with Gasteiger partial charge < -0.3 is 14.8 Å². The molecular formula is C24H22FN3O3. The number of pyridine rings is 1. The standard InChI is InChI=1S/C24H22FN3O3/c1-16(2)23(31-21-9-4-3-6-18(21)13-26)24(29)28-15-17-10-11-22(27-14-17)30-20-8-5-7-19(25)12-20/h3-12,14,16,23H,15H2,1-2H3,(H,28,29). The van der Waals surface area contributed by atoms with Gasteiger partial charge in [-0.3, -0.25) is 4.79 Å². The molecular weight excluding hydrogens is 397 g/mol. The summed E-state index contributed by atoms with van der Waals surface area (Å²) in [5, 5.41) is 12.1. The molecule has 0 spiro atoms. The fraction of sp³-hybridized carbons (Fsp3) is 0.208. The van der Waals surface area contributed by atoms with Crippen LogP contribution in [0.15, 0.2) is 66.9 Å². The highest BCUT2D eigenvalue weighted by atomic mass is 19.1. The molecule has 0 saturated carbocycles. The van der Waals surface area contributed by atoms with Gasteiger partial charge in [0.15, 0.2) is 6.10 Å². The third-order valence-electron chi connectivity index (χ3n) is 4.41. The first-order chi connectivity index (χ1) is 15.0. The maximum atomic E-state index is 13.2. The van der Waals surface area contributed by atoms with Crippen molar-refractivity contribution in [2.24, 2.45) is 5.92 Å². The molecule has 0 aliphatic carbocycles. The van der Waals surface area contributed by atoms with Crippen LogP contribution in [0.2, 0.25) is 0 Å². The molecule has 1 heterocycles. The van der Waals surface area contributed by atoms with Crippen molar-refractivity contribution in [1.29, 1.82) is 5.26 Å². The van der Waals surface area contributed by atoms with Crippen LogP contribution >= 0.6 is 0 Å². The highest BCUT2D eigenvalue weighted by Gasteiger charge is 2.25. The third kappa shape index (κ3) is 6.03. The van der Waals surface area contributed by atoms with Crippen molar-refractivity contribution in [1.82, 2.24) is 10.3 Å². The van der Waals surface area contributed by atoms with Crippen LogP contribution in [0.4, 0.5) is 4.39 Å². The van der Waals surface area contributed by atoms with Crippen molar-refractivity contribution in [2.45, 2.75) is 26.5 Å². The summed E-state index contributed by atoms with van der Waals surface area (Å²) < 4.78 is 24.6. The molecule has 1 atom stereocenters. The highest BCUT2D eigenvalue weighted by Crippen LogP contribution is 2.22. The van der Waals surface area contributed by atoms with E-state index in [2.05, 4.69) is 16.4 Å². The van der Waals surface area contributed by atoms with E-state index in [1.807, 2.05) is 13.8 Å². The van der Waals surface area contributed by atoms with Gasteiger partial charge in [0, 0.05) is 24.9 Å². The molecule has 1 amide bonds. The number of nitrogens with one attached hydrogen (secondary N) is 1. The average Bonchev–Trinajstić information content (AvgIpc) is 2.77. The van der Waals surface area contributed by atoms with Gasteiger partial charge in [-0.15, -0.1) is 0 Å². The second-order valence-corrected chi connectivity index (χ2v) is 7.17. The molecule has 7 heteroatoms. The summed E-state index contributed by atoms with van der Waals surface area (Å²) >= 11 is 0. The topological polar surface area (TPSA) is 84.2 Å². The normalized spacial score (nSPS) is 11.5. The van der Waals surface area contributed by atoms with Crippen LogP contribution in [0.25, 0.3) is 0 Å². The van der Waals surface area contributed by atoms with Crippen LogP contribution in [0, 0.1) is 23.1 Å². The Morgan fingerprint density at radius 3 is 2.65 bits per heavy atom. The zero-order valence-corrected chi connectivity index (χ0v) is 17.2. The number of ether oxygens (including phenoxy) is 2. The lowest BCUT2D eigenvalue weighted by atomic mass is 10.1. The molecule has 0 aliphatic rings. The van der Waals surface area contributed by atoms with Crippen LogP contribution in [0.1, 0.15) is 25.0 Å². The molecule has 0 fully saturated rings. The van der Waals surface area contributed by atoms with Crippen LogP contribution in [0.3, 0.4) is 0 Å². The lowest BCUT2D eigenvalue weighted by molar-refractivity contribution is -0.130. The predicted molar refractivity (Wildman–Crippen MR) is 113 cm³/mol. The van der Waals surface area contributed by atoms with E-state index in [0.29, 0.717) is 22.9 Å². The van der Waals surface area contributed by atoms with Crippen LogP contribution in [0.5, 0.6) is 17.4 Å². The van der Waals surface area contributed by atoms with Gasteiger partial charge in [0.05, 0.1) is 5.56 Å². The number of rotatable bonds is 8. The summed E-state index contributed by atoms with van der Waals surface area (Å²) in [5.41, 5.74) is 1.14.